The molecule has 1 saturated heterocycles. The zero-order valence-electron chi connectivity index (χ0n) is 15.7. The molecule has 1 aliphatic heterocycles. The first-order valence-electron chi connectivity index (χ1n) is 9.64. The van der Waals surface area contributed by atoms with Crippen molar-refractivity contribution in [3.63, 3.8) is 0 Å². The first-order chi connectivity index (χ1) is 13.6. The van der Waals surface area contributed by atoms with Gasteiger partial charge in [-0.3, -0.25) is 9.80 Å². The summed E-state index contributed by atoms with van der Waals surface area (Å²) < 4.78 is 0. The summed E-state index contributed by atoms with van der Waals surface area (Å²) in [6.07, 6.45) is 0.0143. The number of phenols is 3. The monoisotopic (exact) mass is 378 g/mol. The molecule has 1 fully saturated rings. The van der Waals surface area contributed by atoms with E-state index in [1.165, 1.54) is 9.80 Å². The third kappa shape index (κ3) is 3.67. The second-order valence-electron chi connectivity index (χ2n) is 7.42. The lowest BCUT2D eigenvalue weighted by Gasteiger charge is -2.25. The van der Waals surface area contributed by atoms with Gasteiger partial charge in [0.1, 0.15) is 49.0 Å². The van der Waals surface area contributed by atoms with Crippen LogP contribution in [0.15, 0.2) is 72.8 Å². The highest BCUT2D eigenvalue weighted by Crippen LogP contribution is 2.22. The molecule has 0 amide bonds. The fourth-order valence-corrected chi connectivity index (χ4v) is 4.26. The van der Waals surface area contributed by atoms with Crippen LogP contribution in [0.3, 0.4) is 0 Å². The molecular formula is C23H26N2O3+2. The quantitative estimate of drug-likeness (QED) is 0.460. The molecule has 5 N–H and O–H groups in total. The van der Waals surface area contributed by atoms with Crippen molar-refractivity contribution in [2.45, 2.75) is 19.3 Å². The predicted molar refractivity (Wildman–Crippen MR) is 106 cm³/mol. The molecular weight excluding hydrogens is 352 g/mol. The van der Waals surface area contributed by atoms with Crippen molar-refractivity contribution in [2.75, 3.05) is 13.1 Å². The zero-order valence-corrected chi connectivity index (χ0v) is 15.7. The van der Waals surface area contributed by atoms with E-state index >= 15 is 0 Å². The zero-order chi connectivity index (χ0) is 19.5. The molecule has 0 spiro atoms. The molecule has 5 nitrogen and oxygen atoms in total. The molecule has 2 unspecified atom stereocenters. The molecule has 1 heterocycles. The number of phenolic OH excluding ortho intramolecular Hbond substituents is 3. The van der Waals surface area contributed by atoms with E-state index in [1.807, 2.05) is 54.6 Å². The number of benzene rings is 3. The third-order valence-electron chi connectivity index (χ3n) is 5.65. The van der Waals surface area contributed by atoms with Crippen LogP contribution in [0.5, 0.6) is 17.2 Å². The van der Waals surface area contributed by atoms with Gasteiger partial charge in [0.05, 0.1) is 0 Å². The van der Waals surface area contributed by atoms with Crippen LogP contribution in [0.25, 0.3) is 0 Å². The third-order valence-corrected chi connectivity index (χ3v) is 5.65. The number of rotatable bonds is 5. The average molecular weight is 378 g/mol. The van der Waals surface area contributed by atoms with E-state index in [4.69, 9.17) is 0 Å². The van der Waals surface area contributed by atoms with E-state index in [0.717, 1.165) is 29.8 Å². The maximum Gasteiger partial charge on any atom is 0.244 e. The van der Waals surface area contributed by atoms with Crippen LogP contribution in [0.4, 0.5) is 0 Å². The highest BCUT2D eigenvalue weighted by molar-refractivity contribution is 5.34. The Bertz CT molecular complexity index is 904. The van der Waals surface area contributed by atoms with Gasteiger partial charge < -0.3 is 15.3 Å². The number of nitrogens with one attached hydrogen (secondary N) is 2. The Labute approximate surface area is 164 Å². The van der Waals surface area contributed by atoms with Crippen LogP contribution in [0.1, 0.15) is 22.9 Å². The molecule has 5 heteroatoms. The lowest BCUT2D eigenvalue weighted by atomic mass is 10.1. The molecule has 2 atom stereocenters. The number of quaternary nitrogens is 2. The number of aromatic hydroxyl groups is 3. The Morgan fingerprint density at radius 1 is 0.607 bits per heavy atom. The molecule has 3 aromatic rings. The summed E-state index contributed by atoms with van der Waals surface area (Å²) in [6.45, 7) is 3.18. The molecule has 4 rings (SSSR count). The van der Waals surface area contributed by atoms with Gasteiger partial charge in [0.25, 0.3) is 0 Å². The van der Waals surface area contributed by atoms with Gasteiger partial charge >= 0.3 is 0 Å². The normalized spacial score (nSPS) is 21.6. The molecule has 0 saturated carbocycles. The van der Waals surface area contributed by atoms with Crippen LogP contribution in [0, 0.1) is 0 Å². The van der Waals surface area contributed by atoms with Crippen LogP contribution in [-0.2, 0) is 13.1 Å². The first-order valence-corrected chi connectivity index (χ1v) is 9.64. The first kappa shape index (κ1) is 18.3. The van der Waals surface area contributed by atoms with Gasteiger partial charge in [-0.05, 0) is 36.4 Å². The second kappa shape index (κ2) is 7.92. The number of para-hydroxylation sites is 3. The summed E-state index contributed by atoms with van der Waals surface area (Å²) in [7, 11) is 0. The van der Waals surface area contributed by atoms with Crippen LogP contribution in [-0.4, -0.2) is 28.4 Å². The molecule has 3 aromatic carbocycles. The fraction of sp³-hybridized carbons (Fsp3) is 0.217. The lowest BCUT2D eigenvalue weighted by Crippen LogP contribution is -3.22. The minimum absolute atomic E-state index is 0.0143. The molecule has 0 radical (unpaired) electrons. The standard InChI is InChI=1S/C23H24N2O3/c26-20-10-4-1-7-17(20)15-24-13-14-25(16-18-8-2-5-11-21(18)27)23(24)19-9-3-6-12-22(19)28/h1-12,23,26-28H,13-16H2/p+2. The Morgan fingerprint density at radius 2 is 1.04 bits per heavy atom. The number of hydrogen-bond acceptors (Lipinski definition) is 3. The largest absolute Gasteiger partial charge is 0.507 e. The SMILES string of the molecule is Oc1ccccc1C[NH+]1CC[NH+](Cc2ccccc2O)C1c1ccccc1O. The maximum atomic E-state index is 10.5. The van der Waals surface area contributed by atoms with Gasteiger partial charge in [-0.2, -0.15) is 0 Å². The van der Waals surface area contributed by atoms with E-state index < -0.39 is 0 Å². The number of hydrogen-bond donors (Lipinski definition) is 5. The van der Waals surface area contributed by atoms with Crippen molar-refractivity contribution < 1.29 is 25.1 Å². The minimum Gasteiger partial charge on any atom is -0.507 e. The minimum atomic E-state index is 0.0143. The predicted octanol–water partition coefficient (Wildman–Crippen LogP) is 0.986. The van der Waals surface area contributed by atoms with Crippen molar-refractivity contribution in [3.05, 3.63) is 89.5 Å². The summed E-state index contributed by atoms with van der Waals surface area (Å²) >= 11 is 0. The van der Waals surface area contributed by atoms with Crippen molar-refractivity contribution in [2.24, 2.45) is 0 Å². The van der Waals surface area contributed by atoms with Crippen molar-refractivity contribution in [1.29, 1.82) is 0 Å². The molecule has 0 bridgehead atoms. The van der Waals surface area contributed by atoms with Gasteiger partial charge in [0, 0.05) is 11.1 Å². The lowest BCUT2D eigenvalue weighted by molar-refractivity contribution is -1.09. The summed E-state index contributed by atoms with van der Waals surface area (Å²) in [4.78, 5) is 2.57. The smallest absolute Gasteiger partial charge is 0.244 e. The highest BCUT2D eigenvalue weighted by Gasteiger charge is 2.42. The van der Waals surface area contributed by atoms with Crippen LogP contribution >= 0.6 is 0 Å². The molecule has 144 valence electrons. The van der Waals surface area contributed by atoms with Gasteiger partial charge in [-0.15, -0.1) is 0 Å². The molecule has 1 aliphatic rings. The van der Waals surface area contributed by atoms with E-state index in [-0.39, 0.29) is 6.17 Å². The van der Waals surface area contributed by atoms with Crippen molar-refractivity contribution >= 4 is 0 Å². The summed E-state index contributed by atoms with van der Waals surface area (Å²) in [5.41, 5.74) is 2.71. The summed E-state index contributed by atoms with van der Waals surface area (Å²) in [5, 5.41) is 31.0. The molecule has 0 aliphatic carbocycles. The van der Waals surface area contributed by atoms with Gasteiger partial charge in [-0.1, -0.05) is 36.4 Å². The van der Waals surface area contributed by atoms with Crippen molar-refractivity contribution in [1.82, 2.24) is 0 Å². The Morgan fingerprint density at radius 3 is 1.50 bits per heavy atom. The van der Waals surface area contributed by atoms with E-state index in [2.05, 4.69) is 0 Å². The summed E-state index contributed by atoms with van der Waals surface area (Å²) in [5.74, 6) is 0.902. The van der Waals surface area contributed by atoms with E-state index in [0.29, 0.717) is 30.3 Å². The van der Waals surface area contributed by atoms with Gasteiger partial charge in [0.2, 0.25) is 6.17 Å². The van der Waals surface area contributed by atoms with Crippen LogP contribution in [0.2, 0.25) is 0 Å². The molecule has 0 aromatic heterocycles. The van der Waals surface area contributed by atoms with E-state index in [9.17, 15) is 15.3 Å². The fourth-order valence-electron chi connectivity index (χ4n) is 4.26. The van der Waals surface area contributed by atoms with E-state index in [1.54, 1.807) is 18.2 Å². The summed E-state index contributed by atoms with van der Waals surface area (Å²) in [6, 6.07) is 22.3. The van der Waals surface area contributed by atoms with Gasteiger partial charge in [0.15, 0.2) is 0 Å². The molecule has 28 heavy (non-hydrogen) atoms. The Balaban J connectivity index is 1.66. The highest BCUT2D eigenvalue weighted by atomic mass is 16.3. The topological polar surface area (TPSA) is 69.6 Å². The Hall–Kier alpha value is -3.02. The maximum absolute atomic E-state index is 10.5. The van der Waals surface area contributed by atoms with Gasteiger partial charge in [-0.25, -0.2) is 0 Å². The second-order valence-corrected chi connectivity index (χ2v) is 7.42. The Kier molecular flexibility index (Phi) is 5.19. The van der Waals surface area contributed by atoms with Crippen molar-refractivity contribution in [3.8, 4) is 17.2 Å². The average Bonchev–Trinajstić information content (AvgIpc) is 3.08. The van der Waals surface area contributed by atoms with Crippen LogP contribution < -0.4 is 9.80 Å².